The number of hydrogen-bond acceptors (Lipinski definition) is 3. The van der Waals surface area contributed by atoms with Gasteiger partial charge in [0.1, 0.15) is 0 Å². The molecule has 0 bridgehead atoms. The van der Waals surface area contributed by atoms with Crippen molar-refractivity contribution in [2.75, 3.05) is 25.4 Å². The Labute approximate surface area is 139 Å². The first-order chi connectivity index (χ1) is 9.27. The van der Waals surface area contributed by atoms with Crippen LogP contribution in [0.3, 0.4) is 0 Å². The molecule has 2 rings (SSSR count). The van der Waals surface area contributed by atoms with Crippen LogP contribution < -0.4 is 10.6 Å². The average molecular weight is 380 g/mol. The molecule has 1 aliphatic heterocycles. The number of thioether (sulfide) groups is 1. The van der Waals surface area contributed by atoms with E-state index in [1.54, 1.807) is 0 Å². The van der Waals surface area contributed by atoms with Crippen LogP contribution in [0, 0.1) is 5.92 Å². The van der Waals surface area contributed by atoms with Gasteiger partial charge in [0.15, 0.2) is 0 Å². The van der Waals surface area contributed by atoms with Crippen molar-refractivity contribution in [3.05, 3.63) is 28.7 Å². The minimum Gasteiger partial charge on any atom is -0.356 e. The topological polar surface area (TPSA) is 41.1 Å². The summed E-state index contributed by atoms with van der Waals surface area (Å²) in [6.45, 7) is 2.47. The van der Waals surface area contributed by atoms with Gasteiger partial charge in [-0.1, -0.05) is 12.1 Å². The van der Waals surface area contributed by atoms with Crippen LogP contribution in [0.4, 0.5) is 0 Å². The maximum absolute atomic E-state index is 11.6. The van der Waals surface area contributed by atoms with Gasteiger partial charge >= 0.3 is 0 Å². The molecule has 1 aromatic carbocycles. The molecule has 20 heavy (non-hydrogen) atoms. The van der Waals surface area contributed by atoms with E-state index in [2.05, 4.69) is 44.8 Å². The fourth-order valence-corrected chi connectivity index (χ4v) is 3.38. The number of amides is 1. The van der Waals surface area contributed by atoms with E-state index in [1.807, 2.05) is 17.8 Å². The lowest BCUT2D eigenvalue weighted by atomic mass is 10.0. The third kappa shape index (κ3) is 5.64. The van der Waals surface area contributed by atoms with Gasteiger partial charge in [0.05, 0.1) is 5.92 Å². The van der Waals surface area contributed by atoms with E-state index >= 15 is 0 Å². The number of nitrogens with one attached hydrogen (secondary N) is 2. The number of carbonyl (C=O) groups is 1. The zero-order valence-electron chi connectivity index (χ0n) is 11.2. The molecule has 6 heteroatoms. The zero-order valence-corrected chi connectivity index (χ0v) is 14.5. The summed E-state index contributed by atoms with van der Waals surface area (Å²) in [7, 11) is 0. The van der Waals surface area contributed by atoms with Crippen LogP contribution in [0.5, 0.6) is 0 Å². The van der Waals surface area contributed by atoms with E-state index in [0.717, 1.165) is 42.7 Å². The highest BCUT2D eigenvalue weighted by Crippen LogP contribution is 2.27. The fraction of sp³-hybridized carbons (Fsp3) is 0.500. The van der Waals surface area contributed by atoms with Gasteiger partial charge in [-0.25, -0.2) is 0 Å². The molecule has 0 saturated carbocycles. The van der Waals surface area contributed by atoms with Crippen LogP contribution in [0.1, 0.15) is 12.8 Å². The summed E-state index contributed by atoms with van der Waals surface area (Å²) in [5.41, 5.74) is 0. The van der Waals surface area contributed by atoms with Crippen molar-refractivity contribution in [1.82, 2.24) is 10.6 Å². The van der Waals surface area contributed by atoms with E-state index in [4.69, 9.17) is 0 Å². The lowest BCUT2D eigenvalue weighted by Crippen LogP contribution is -2.50. The van der Waals surface area contributed by atoms with E-state index in [0.29, 0.717) is 0 Å². The number of carbonyl (C=O) groups excluding carboxylic acids is 1. The summed E-state index contributed by atoms with van der Waals surface area (Å²) in [5, 5.41) is 6.10. The van der Waals surface area contributed by atoms with Crippen LogP contribution in [0.15, 0.2) is 33.6 Å². The van der Waals surface area contributed by atoms with Crippen molar-refractivity contribution in [2.45, 2.75) is 17.7 Å². The third-order valence-corrected chi connectivity index (χ3v) is 5.23. The quantitative estimate of drug-likeness (QED) is 0.565. The highest BCUT2D eigenvalue weighted by molar-refractivity contribution is 9.10. The highest BCUT2D eigenvalue weighted by atomic mass is 79.9. The highest BCUT2D eigenvalue weighted by Gasteiger charge is 2.23. The SMILES string of the molecule is Cl.O=C(NCCCCSc1ccccc1Br)C1CNC1. The molecule has 1 aliphatic rings. The number of benzene rings is 1. The Bertz CT molecular complexity index is 429. The van der Waals surface area contributed by atoms with Crippen molar-refractivity contribution >= 4 is 46.0 Å². The van der Waals surface area contributed by atoms with E-state index in [9.17, 15) is 4.79 Å². The molecule has 1 aromatic rings. The number of rotatable bonds is 7. The first-order valence-corrected chi connectivity index (χ1v) is 8.41. The molecule has 0 radical (unpaired) electrons. The normalized spacial score (nSPS) is 14.2. The fourth-order valence-electron chi connectivity index (χ4n) is 1.80. The second-order valence-corrected chi connectivity index (χ2v) is 6.62. The van der Waals surface area contributed by atoms with Crippen LogP contribution in [-0.2, 0) is 4.79 Å². The molecule has 0 aliphatic carbocycles. The molecule has 1 heterocycles. The molecule has 112 valence electrons. The molecular weight excluding hydrogens is 360 g/mol. The largest absolute Gasteiger partial charge is 0.356 e. The number of hydrogen-bond donors (Lipinski definition) is 2. The molecule has 2 N–H and O–H groups in total. The molecule has 1 amide bonds. The number of halogens is 2. The van der Waals surface area contributed by atoms with Gasteiger partial charge in [-0.15, -0.1) is 24.2 Å². The van der Waals surface area contributed by atoms with Crippen molar-refractivity contribution in [3.63, 3.8) is 0 Å². The Morgan fingerprint density at radius 3 is 2.75 bits per heavy atom. The summed E-state index contributed by atoms with van der Waals surface area (Å²) >= 11 is 5.40. The Morgan fingerprint density at radius 2 is 2.10 bits per heavy atom. The maximum atomic E-state index is 11.6. The van der Waals surface area contributed by atoms with Gasteiger partial charge in [-0.3, -0.25) is 4.79 Å². The van der Waals surface area contributed by atoms with Crippen LogP contribution in [0.25, 0.3) is 0 Å². The van der Waals surface area contributed by atoms with Crippen molar-refractivity contribution in [2.24, 2.45) is 5.92 Å². The van der Waals surface area contributed by atoms with Crippen molar-refractivity contribution in [1.29, 1.82) is 0 Å². The van der Waals surface area contributed by atoms with Crippen molar-refractivity contribution in [3.8, 4) is 0 Å². The van der Waals surface area contributed by atoms with E-state index in [1.165, 1.54) is 4.90 Å². The summed E-state index contributed by atoms with van der Waals surface area (Å²) in [6, 6.07) is 8.27. The van der Waals surface area contributed by atoms with E-state index in [-0.39, 0.29) is 24.2 Å². The Balaban J connectivity index is 0.00000200. The van der Waals surface area contributed by atoms with Crippen LogP contribution in [0.2, 0.25) is 0 Å². The second kappa shape index (κ2) is 9.66. The zero-order chi connectivity index (χ0) is 13.5. The van der Waals surface area contributed by atoms with Crippen LogP contribution >= 0.6 is 40.1 Å². The predicted molar refractivity (Wildman–Crippen MR) is 90.7 cm³/mol. The van der Waals surface area contributed by atoms with Gasteiger partial charge in [-0.2, -0.15) is 0 Å². The first kappa shape index (κ1) is 17.8. The van der Waals surface area contributed by atoms with Gasteiger partial charge in [0, 0.05) is 29.0 Å². The molecule has 3 nitrogen and oxygen atoms in total. The van der Waals surface area contributed by atoms with Gasteiger partial charge in [-0.05, 0) is 46.7 Å². The first-order valence-electron chi connectivity index (χ1n) is 6.63. The Kier molecular flexibility index (Phi) is 8.61. The Hall–Kier alpha value is -0.230. The maximum Gasteiger partial charge on any atom is 0.225 e. The monoisotopic (exact) mass is 378 g/mol. The third-order valence-electron chi connectivity index (χ3n) is 3.12. The predicted octanol–water partition coefficient (Wildman–Crippen LogP) is 3.08. The molecule has 0 spiro atoms. The molecule has 1 saturated heterocycles. The second-order valence-electron chi connectivity index (χ2n) is 4.63. The molecule has 0 unspecified atom stereocenters. The summed E-state index contributed by atoms with van der Waals surface area (Å²) in [4.78, 5) is 12.8. The van der Waals surface area contributed by atoms with Gasteiger partial charge in [0.2, 0.25) is 5.91 Å². The molecule has 1 fully saturated rings. The van der Waals surface area contributed by atoms with Gasteiger partial charge < -0.3 is 10.6 Å². The number of unbranched alkanes of at least 4 members (excludes halogenated alkanes) is 1. The van der Waals surface area contributed by atoms with Gasteiger partial charge in [0.25, 0.3) is 0 Å². The lowest BCUT2D eigenvalue weighted by molar-refractivity contribution is -0.126. The van der Waals surface area contributed by atoms with E-state index < -0.39 is 0 Å². The van der Waals surface area contributed by atoms with Crippen LogP contribution in [-0.4, -0.2) is 31.3 Å². The molecular formula is C14H20BrClN2OS. The Morgan fingerprint density at radius 1 is 1.35 bits per heavy atom. The lowest BCUT2D eigenvalue weighted by Gasteiger charge is -2.25. The minimum atomic E-state index is 0. The average Bonchev–Trinajstić information content (AvgIpc) is 2.33. The smallest absolute Gasteiger partial charge is 0.225 e. The standard InChI is InChI=1S/C14H19BrN2OS.ClH/c15-12-5-1-2-6-13(12)19-8-4-3-7-17-14(18)11-9-16-10-11;/h1-2,5-6,11,16H,3-4,7-10H2,(H,17,18);1H. The van der Waals surface area contributed by atoms with Crippen molar-refractivity contribution < 1.29 is 4.79 Å². The summed E-state index contributed by atoms with van der Waals surface area (Å²) < 4.78 is 1.16. The molecule has 0 atom stereocenters. The summed E-state index contributed by atoms with van der Waals surface area (Å²) in [6.07, 6.45) is 2.17. The summed E-state index contributed by atoms with van der Waals surface area (Å²) in [5.74, 6) is 1.50. The molecule has 0 aromatic heterocycles. The minimum absolute atomic E-state index is 0.